The number of nitrogens with one attached hydrogen (secondary N) is 1. The third-order valence-electron chi connectivity index (χ3n) is 3.80. The van der Waals surface area contributed by atoms with Crippen LogP contribution < -0.4 is 5.32 Å². The molecule has 2 aliphatic rings. The van der Waals surface area contributed by atoms with Gasteiger partial charge in [-0.3, -0.25) is 4.79 Å². The van der Waals surface area contributed by atoms with Gasteiger partial charge in [0.05, 0.1) is 0 Å². The second-order valence-electron chi connectivity index (χ2n) is 4.99. The lowest BCUT2D eigenvalue weighted by atomic mass is 9.77. The zero-order valence-corrected chi connectivity index (χ0v) is 9.66. The molecule has 0 aromatic heterocycles. The number of hydrogen-bond acceptors (Lipinski definition) is 3. The van der Waals surface area contributed by atoms with Gasteiger partial charge in [-0.05, 0) is 32.1 Å². The van der Waals surface area contributed by atoms with Crippen LogP contribution in [0.2, 0.25) is 0 Å². The maximum Gasteiger partial charge on any atom is 0.302 e. The van der Waals surface area contributed by atoms with Crippen molar-refractivity contribution in [3.05, 3.63) is 0 Å². The number of hydrogen-bond donors (Lipinski definition) is 1. The van der Waals surface area contributed by atoms with Gasteiger partial charge in [-0.25, -0.2) is 0 Å². The number of ether oxygens (including phenoxy) is 1. The minimum Gasteiger partial charge on any atom is -0.461 e. The number of carbonyl (C=O) groups is 1. The van der Waals surface area contributed by atoms with Gasteiger partial charge in [0.25, 0.3) is 0 Å². The van der Waals surface area contributed by atoms with Crippen molar-refractivity contribution in [2.45, 2.75) is 64.1 Å². The molecule has 3 nitrogen and oxygen atoms in total. The average Bonchev–Trinajstić information content (AvgIpc) is 2.18. The number of rotatable bonds is 1. The number of carbonyl (C=O) groups excluding carboxylic acids is 1. The number of fused-ring (bicyclic) bond motifs is 1. The van der Waals surface area contributed by atoms with E-state index in [4.69, 9.17) is 4.74 Å². The molecule has 1 N–H and O–H groups in total. The van der Waals surface area contributed by atoms with Gasteiger partial charge in [0, 0.05) is 19.0 Å². The highest BCUT2D eigenvalue weighted by Gasteiger charge is 2.37. The van der Waals surface area contributed by atoms with E-state index in [1.54, 1.807) is 0 Å². The third-order valence-corrected chi connectivity index (χ3v) is 3.80. The molecule has 86 valence electrons. The highest BCUT2D eigenvalue weighted by molar-refractivity contribution is 5.66. The summed E-state index contributed by atoms with van der Waals surface area (Å²) in [5.41, 5.74) is 0. The summed E-state index contributed by atoms with van der Waals surface area (Å²) in [6.45, 7) is 3.62. The fraction of sp³-hybridized carbons (Fsp3) is 0.917. The summed E-state index contributed by atoms with van der Waals surface area (Å²) in [5, 5.41) is 3.60. The summed E-state index contributed by atoms with van der Waals surface area (Å²) >= 11 is 0. The van der Waals surface area contributed by atoms with E-state index in [0.29, 0.717) is 12.1 Å². The van der Waals surface area contributed by atoms with Gasteiger partial charge in [-0.1, -0.05) is 12.8 Å². The van der Waals surface area contributed by atoms with Crippen LogP contribution in [-0.2, 0) is 9.53 Å². The molecule has 2 fully saturated rings. The van der Waals surface area contributed by atoms with Crippen molar-refractivity contribution in [2.75, 3.05) is 0 Å². The van der Waals surface area contributed by atoms with Crippen LogP contribution >= 0.6 is 0 Å². The Kier molecular flexibility index (Phi) is 3.29. The van der Waals surface area contributed by atoms with E-state index >= 15 is 0 Å². The van der Waals surface area contributed by atoms with Crippen LogP contribution in [0.5, 0.6) is 0 Å². The zero-order chi connectivity index (χ0) is 10.8. The molecule has 1 heterocycles. The summed E-state index contributed by atoms with van der Waals surface area (Å²) in [6, 6.07) is 0.980. The lowest BCUT2D eigenvalue weighted by Gasteiger charge is -2.43. The topological polar surface area (TPSA) is 38.3 Å². The summed E-state index contributed by atoms with van der Waals surface area (Å²) in [5.74, 6) is 0.571. The van der Waals surface area contributed by atoms with Crippen molar-refractivity contribution in [3.8, 4) is 0 Å². The Morgan fingerprint density at radius 2 is 2.07 bits per heavy atom. The predicted molar refractivity (Wildman–Crippen MR) is 58.5 cm³/mol. The zero-order valence-electron chi connectivity index (χ0n) is 9.66. The molecule has 0 aromatic rings. The van der Waals surface area contributed by atoms with Crippen molar-refractivity contribution in [1.82, 2.24) is 5.32 Å². The normalized spacial score (nSPS) is 40.7. The molecule has 1 aliphatic carbocycles. The van der Waals surface area contributed by atoms with E-state index < -0.39 is 0 Å². The molecule has 15 heavy (non-hydrogen) atoms. The number of esters is 1. The first-order valence-corrected chi connectivity index (χ1v) is 6.10. The molecule has 0 unspecified atom stereocenters. The predicted octanol–water partition coefficient (Wildman–Crippen LogP) is 1.86. The lowest BCUT2D eigenvalue weighted by molar-refractivity contribution is -0.150. The maximum atomic E-state index is 11.0. The minimum absolute atomic E-state index is 0.0850. The monoisotopic (exact) mass is 211 g/mol. The fourth-order valence-electron chi connectivity index (χ4n) is 3.02. The van der Waals surface area contributed by atoms with Crippen LogP contribution in [-0.4, -0.2) is 24.2 Å². The van der Waals surface area contributed by atoms with Gasteiger partial charge < -0.3 is 10.1 Å². The van der Waals surface area contributed by atoms with Crippen LogP contribution in [0.1, 0.15) is 46.0 Å². The standard InChI is InChI=1S/C12H21NO2/c1-8-12(15-9(2)14)7-10-5-3-4-6-11(10)13-8/h8,10-13H,3-7H2,1-2H3/t8-,10-,11+,12+/m0/s1. The summed E-state index contributed by atoms with van der Waals surface area (Å²) in [6.07, 6.45) is 6.41. The highest BCUT2D eigenvalue weighted by Crippen LogP contribution is 2.33. The van der Waals surface area contributed by atoms with Crippen molar-refractivity contribution in [1.29, 1.82) is 0 Å². The second kappa shape index (κ2) is 4.52. The SMILES string of the molecule is CC(=O)O[C@@H]1C[C@@H]2CCCC[C@H]2N[C@H]1C. The molecule has 1 saturated carbocycles. The van der Waals surface area contributed by atoms with E-state index in [-0.39, 0.29) is 12.1 Å². The molecule has 1 saturated heterocycles. The summed E-state index contributed by atoms with van der Waals surface area (Å²) in [4.78, 5) is 11.0. The average molecular weight is 211 g/mol. The molecule has 1 aliphatic heterocycles. The Hall–Kier alpha value is -0.570. The molecule has 3 heteroatoms. The van der Waals surface area contributed by atoms with Gasteiger partial charge in [0.1, 0.15) is 6.10 Å². The molecule has 0 aromatic carbocycles. The van der Waals surface area contributed by atoms with Crippen molar-refractivity contribution in [2.24, 2.45) is 5.92 Å². The van der Waals surface area contributed by atoms with Crippen LogP contribution in [0, 0.1) is 5.92 Å². The fourth-order valence-corrected chi connectivity index (χ4v) is 3.02. The molecule has 0 amide bonds. The first-order valence-electron chi connectivity index (χ1n) is 6.10. The largest absolute Gasteiger partial charge is 0.461 e. The Labute approximate surface area is 91.6 Å². The van der Waals surface area contributed by atoms with Gasteiger partial charge in [0.15, 0.2) is 0 Å². The van der Waals surface area contributed by atoms with Gasteiger partial charge in [-0.15, -0.1) is 0 Å². The molecule has 0 radical (unpaired) electrons. The summed E-state index contributed by atoms with van der Waals surface area (Å²) < 4.78 is 5.35. The lowest BCUT2D eigenvalue weighted by Crippen LogP contribution is -2.55. The molecule has 2 rings (SSSR count). The van der Waals surface area contributed by atoms with E-state index in [2.05, 4.69) is 12.2 Å². The smallest absolute Gasteiger partial charge is 0.302 e. The second-order valence-corrected chi connectivity index (χ2v) is 4.99. The van der Waals surface area contributed by atoms with Crippen molar-refractivity contribution < 1.29 is 9.53 Å². The Bertz CT molecular complexity index is 242. The molecule has 0 bridgehead atoms. The third kappa shape index (κ3) is 2.51. The molecular formula is C12H21NO2. The maximum absolute atomic E-state index is 11.0. The van der Waals surface area contributed by atoms with Crippen LogP contribution in [0.4, 0.5) is 0 Å². The minimum atomic E-state index is -0.150. The van der Waals surface area contributed by atoms with Crippen molar-refractivity contribution >= 4 is 5.97 Å². The number of piperidine rings is 1. The van der Waals surface area contributed by atoms with E-state index in [0.717, 1.165) is 12.3 Å². The highest BCUT2D eigenvalue weighted by atomic mass is 16.5. The van der Waals surface area contributed by atoms with Gasteiger partial charge in [0.2, 0.25) is 0 Å². The molecule has 0 spiro atoms. The van der Waals surface area contributed by atoms with E-state index in [9.17, 15) is 4.79 Å². The Morgan fingerprint density at radius 3 is 2.80 bits per heavy atom. The van der Waals surface area contributed by atoms with Crippen LogP contribution in [0.15, 0.2) is 0 Å². The molecular weight excluding hydrogens is 190 g/mol. The van der Waals surface area contributed by atoms with Gasteiger partial charge in [-0.2, -0.15) is 0 Å². The van der Waals surface area contributed by atoms with Crippen molar-refractivity contribution in [3.63, 3.8) is 0 Å². The first-order chi connectivity index (χ1) is 7.16. The van der Waals surface area contributed by atoms with Crippen LogP contribution in [0.3, 0.4) is 0 Å². The van der Waals surface area contributed by atoms with Crippen LogP contribution in [0.25, 0.3) is 0 Å². The first kappa shape index (κ1) is 10.9. The van der Waals surface area contributed by atoms with E-state index in [1.165, 1.54) is 32.6 Å². The summed E-state index contributed by atoms with van der Waals surface area (Å²) in [7, 11) is 0. The molecule has 4 atom stereocenters. The van der Waals surface area contributed by atoms with E-state index in [1.807, 2.05) is 0 Å². The quantitative estimate of drug-likeness (QED) is 0.673. The Morgan fingerprint density at radius 1 is 1.33 bits per heavy atom. The van der Waals surface area contributed by atoms with Gasteiger partial charge >= 0.3 is 5.97 Å². The Balaban J connectivity index is 1.95.